The van der Waals surface area contributed by atoms with Gasteiger partial charge in [-0.1, -0.05) is 80.4 Å². The molecule has 1 saturated carbocycles. The zero-order chi connectivity index (χ0) is 28.1. The van der Waals surface area contributed by atoms with Gasteiger partial charge in [0, 0.05) is 22.9 Å². The molecule has 1 aliphatic carbocycles. The summed E-state index contributed by atoms with van der Waals surface area (Å²) in [4.78, 5) is 7.52. The minimum atomic E-state index is -0.0382. The first-order valence-electron chi connectivity index (χ1n) is 15.2. The van der Waals surface area contributed by atoms with Crippen molar-refractivity contribution in [3.05, 3.63) is 121 Å². The molecule has 4 aliphatic rings. The van der Waals surface area contributed by atoms with E-state index in [1.165, 1.54) is 41.9 Å². The molecule has 0 saturated heterocycles. The van der Waals surface area contributed by atoms with Gasteiger partial charge in [0.1, 0.15) is 5.69 Å². The van der Waals surface area contributed by atoms with Crippen LogP contribution in [0.3, 0.4) is 0 Å². The second-order valence-electron chi connectivity index (χ2n) is 12.5. The highest BCUT2D eigenvalue weighted by Gasteiger charge is 2.60. The van der Waals surface area contributed by atoms with Crippen molar-refractivity contribution in [1.82, 2.24) is 0 Å². The third kappa shape index (κ3) is 2.97. The summed E-state index contributed by atoms with van der Waals surface area (Å²) in [7, 11) is 0. The fourth-order valence-electron chi connectivity index (χ4n) is 8.30. The van der Waals surface area contributed by atoms with E-state index in [0.29, 0.717) is 0 Å². The zero-order valence-electron chi connectivity index (χ0n) is 24.0. The van der Waals surface area contributed by atoms with Gasteiger partial charge in [0.05, 0.1) is 34.0 Å². The number of nitrogens with zero attached hydrogens (tertiary/aromatic N) is 3. The highest BCUT2D eigenvalue weighted by Crippen LogP contribution is 2.70. The largest absolute Gasteiger partial charge is 0.453 e. The average Bonchev–Trinajstić information content (AvgIpc) is 3.24. The monoisotopic (exact) mass is 547 g/mol. The fourth-order valence-corrected chi connectivity index (χ4v) is 8.30. The normalized spacial score (nSPS) is 22.4. The molecule has 4 heteroatoms. The minimum absolute atomic E-state index is 0.0382. The average molecular weight is 548 g/mol. The number of rotatable bonds is 3. The highest BCUT2D eigenvalue weighted by molar-refractivity contribution is 6.07. The SMILES string of the molecule is CC12CCCCC1(C)N1c3cc(N(c4ccccc4)c4ccccc4)cc4c3N(c3ccccc3O4)c3cccc2c31. The van der Waals surface area contributed by atoms with Crippen molar-refractivity contribution < 1.29 is 4.74 Å². The van der Waals surface area contributed by atoms with Gasteiger partial charge in [0.2, 0.25) is 0 Å². The van der Waals surface area contributed by atoms with Crippen molar-refractivity contribution >= 4 is 45.5 Å². The molecule has 2 atom stereocenters. The first-order chi connectivity index (χ1) is 20.6. The molecule has 3 heterocycles. The van der Waals surface area contributed by atoms with E-state index >= 15 is 0 Å². The Kier molecular flexibility index (Phi) is 4.80. The van der Waals surface area contributed by atoms with E-state index in [1.807, 2.05) is 0 Å². The van der Waals surface area contributed by atoms with Gasteiger partial charge in [-0.05, 0) is 73.9 Å². The summed E-state index contributed by atoms with van der Waals surface area (Å²) in [6, 6.07) is 41.4. The molecule has 0 bridgehead atoms. The summed E-state index contributed by atoms with van der Waals surface area (Å²) >= 11 is 0. The van der Waals surface area contributed by atoms with Crippen LogP contribution in [0.1, 0.15) is 45.1 Å². The van der Waals surface area contributed by atoms with Gasteiger partial charge in [-0.2, -0.15) is 0 Å². The van der Waals surface area contributed by atoms with Crippen molar-refractivity contribution in [2.75, 3.05) is 14.7 Å². The maximum absolute atomic E-state index is 6.81. The predicted octanol–water partition coefficient (Wildman–Crippen LogP) is 10.8. The molecule has 5 aromatic rings. The number of anilines is 8. The van der Waals surface area contributed by atoms with Crippen LogP contribution in [0.25, 0.3) is 0 Å². The Morgan fingerprint density at radius 2 is 1.26 bits per heavy atom. The molecule has 0 radical (unpaired) electrons. The van der Waals surface area contributed by atoms with Crippen LogP contribution in [-0.2, 0) is 5.41 Å². The Morgan fingerprint density at radius 1 is 0.595 bits per heavy atom. The number of fused-ring (bicyclic) bond motifs is 7. The van der Waals surface area contributed by atoms with Crippen LogP contribution in [0.5, 0.6) is 11.5 Å². The van der Waals surface area contributed by atoms with E-state index in [9.17, 15) is 0 Å². The van der Waals surface area contributed by atoms with Gasteiger partial charge in [0.25, 0.3) is 0 Å². The Morgan fingerprint density at radius 3 is 2.02 bits per heavy atom. The van der Waals surface area contributed by atoms with Gasteiger partial charge in [-0.15, -0.1) is 0 Å². The molecule has 9 rings (SSSR count). The molecular weight excluding hydrogens is 514 g/mol. The molecular formula is C38H33N3O. The van der Waals surface area contributed by atoms with E-state index in [0.717, 1.165) is 46.4 Å². The standard InChI is InChI=1S/C38H33N3O/c1-37-22-11-12-23-38(37,2)41-32-24-28(39(26-14-5-3-6-15-26)27-16-7-4-8-17-27)25-34-36(32)40(30-19-9-10-21-33(30)42-34)31-20-13-18-29(37)35(31)41/h3-10,13-21,24-25H,11-12,22-23H2,1-2H3. The summed E-state index contributed by atoms with van der Waals surface area (Å²) in [5.41, 5.74) is 10.9. The number of ether oxygens (including phenoxy) is 1. The lowest BCUT2D eigenvalue weighted by molar-refractivity contribution is 0.195. The quantitative estimate of drug-likeness (QED) is 0.219. The molecule has 42 heavy (non-hydrogen) atoms. The molecule has 0 N–H and O–H groups in total. The Labute approximate surface area is 247 Å². The third-order valence-corrected chi connectivity index (χ3v) is 10.5. The second-order valence-corrected chi connectivity index (χ2v) is 12.5. The minimum Gasteiger partial charge on any atom is -0.453 e. The summed E-state index contributed by atoms with van der Waals surface area (Å²) in [6.07, 6.45) is 4.88. The van der Waals surface area contributed by atoms with Gasteiger partial charge < -0.3 is 14.5 Å². The van der Waals surface area contributed by atoms with Gasteiger partial charge in [-0.25, -0.2) is 0 Å². The molecule has 1 fully saturated rings. The lowest BCUT2D eigenvalue weighted by Gasteiger charge is -2.52. The van der Waals surface area contributed by atoms with E-state index < -0.39 is 0 Å². The molecule has 0 amide bonds. The first kappa shape index (κ1) is 24.0. The number of hydrogen-bond acceptors (Lipinski definition) is 4. The molecule has 206 valence electrons. The summed E-state index contributed by atoms with van der Waals surface area (Å²) in [6.45, 7) is 5.02. The Bertz CT molecular complexity index is 1830. The lowest BCUT2D eigenvalue weighted by atomic mass is 9.61. The Balaban J connectivity index is 1.37. The van der Waals surface area contributed by atoms with E-state index in [2.05, 4.69) is 144 Å². The van der Waals surface area contributed by atoms with Crippen LogP contribution < -0.4 is 19.4 Å². The van der Waals surface area contributed by atoms with E-state index in [-0.39, 0.29) is 11.0 Å². The highest BCUT2D eigenvalue weighted by atomic mass is 16.5. The van der Waals surface area contributed by atoms with E-state index in [4.69, 9.17) is 4.74 Å². The van der Waals surface area contributed by atoms with Crippen LogP contribution >= 0.6 is 0 Å². The van der Waals surface area contributed by atoms with E-state index in [1.54, 1.807) is 0 Å². The summed E-state index contributed by atoms with van der Waals surface area (Å²) in [5.74, 6) is 1.78. The van der Waals surface area contributed by atoms with Gasteiger partial charge >= 0.3 is 0 Å². The lowest BCUT2D eigenvalue weighted by Crippen LogP contribution is -2.55. The Hall–Kier alpha value is -4.70. The van der Waals surface area contributed by atoms with Crippen LogP contribution in [0.2, 0.25) is 0 Å². The summed E-state index contributed by atoms with van der Waals surface area (Å²) < 4.78 is 6.81. The number of hydrogen-bond donors (Lipinski definition) is 0. The molecule has 0 aromatic heterocycles. The van der Waals surface area contributed by atoms with Crippen molar-refractivity contribution in [2.24, 2.45) is 0 Å². The second kappa shape index (κ2) is 8.42. The van der Waals surface area contributed by atoms with Crippen molar-refractivity contribution in [2.45, 2.75) is 50.5 Å². The third-order valence-electron chi connectivity index (χ3n) is 10.5. The van der Waals surface area contributed by atoms with Gasteiger partial charge in [-0.3, -0.25) is 4.90 Å². The topological polar surface area (TPSA) is 19.0 Å². The maximum Gasteiger partial charge on any atom is 0.155 e. The zero-order valence-corrected chi connectivity index (χ0v) is 24.0. The van der Waals surface area contributed by atoms with Crippen LogP contribution in [0.4, 0.5) is 45.5 Å². The molecule has 0 spiro atoms. The van der Waals surface area contributed by atoms with Gasteiger partial charge in [0.15, 0.2) is 11.5 Å². The number of benzene rings is 5. The number of para-hydroxylation sites is 5. The maximum atomic E-state index is 6.81. The smallest absolute Gasteiger partial charge is 0.155 e. The molecule has 4 nitrogen and oxygen atoms in total. The molecule has 5 aromatic carbocycles. The van der Waals surface area contributed by atoms with Crippen molar-refractivity contribution in [3.8, 4) is 11.5 Å². The van der Waals surface area contributed by atoms with Crippen LogP contribution in [-0.4, -0.2) is 5.54 Å². The van der Waals surface area contributed by atoms with Crippen LogP contribution in [0.15, 0.2) is 115 Å². The van der Waals surface area contributed by atoms with Crippen LogP contribution in [0, 0.1) is 0 Å². The first-order valence-corrected chi connectivity index (χ1v) is 15.2. The molecule has 2 unspecified atom stereocenters. The summed E-state index contributed by atoms with van der Waals surface area (Å²) in [5, 5.41) is 0. The van der Waals surface area contributed by atoms with Crippen molar-refractivity contribution in [3.63, 3.8) is 0 Å². The predicted molar refractivity (Wildman–Crippen MR) is 172 cm³/mol. The molecule has 3 aliphatic heterocycles. The van der Waals surface area contributed by atoms with Crippen molar-refractivity contribution in [1.29, 1.82) is 0 Å². The fraction of sp³-hybridized carbons (Fsp3) is 0.211.